The molecule has 0 aliphatic carbocycles. The molecular formula is C12H7ClFIN2O. The summed E-state index contributed by atoms with van der Waals surface area (Å²) >= 11 is 7.53. The number of carbonyl (C=O) groups is 1. The number of hydrogen-bond acceptors (Lipinski definition) is 2. The monoisotopic (exact) mass is 376 g/mol. The first-order valence-electron chi connectivity index (χ1n) is 4.94. The molecule has 1 aromatic heterocycles. The van der Waals surface area contributed by atoms with Gasteiger partial charge in [-0.1, -0.05) is 11.6 Å². The lowest BCUT2D eigenvalue weighted by Crippen LogP contribution is -2.13. The maximum Gasteiger partial charge on any atom is 0.274 e. The number of halogens is 3. The molecule has 2 aromatic rings. The van der Waals surface area contributed by atoms with Crippen LogP contribution in [0.4, 0.5) is 10.1 Å². The Labute approximate surface area is 122 Å². The van der Waals surface area contributed by atoms with Crippen LogP contribution in [0.3, 0.4) is 0 Å². The Hall–Kier alpha value is -1.21. The Morgan fingerprint density at radius 3 is 2.72 bits per heavy atom. The number of nitrogens with zero attached hydrogens (tertiary/aromatic N) is 1. The van der Waals surface area contributed by atoms with E-state index in [1.54, 1.807) is 12.1 Å². The third-order valence-corrected chi connectivity index (χ3v) is 3.19. The van der Waals surface area contributed by atoms with E-state index in [1.807, 2.05) is 22.6 Å². The van der Waals surface area contributed by atoms with Crippen LogP contribution in [0.2, 0.25) is 5.02 Å². The molecular weight excluding hydrogens is 370 g/mol. The van der Waals surface area contributed by atoms with Gasteiger partial charge in [0.1, 0.15) is 11.5 Å². The predicted octanol–water partition coefficient (Wildman–Crippen LogP) is 3.73. The Morgan fingerprint density at radius 2 is 2.11 bits per heavy atom. The van der Waals surface area contributed by atoms with Gasteiger partial charge in [0.15, 0.2) is 0 Å². The van der Waals surface area contributed by atoms with Crippen molar-refractivity contribution in [3.63, 3.8) is 0 Å². The highest BCUT2D eigenvalue weighted by atomic mass is 127. The van der Waals surface area contributed by atoms with Gasteiger partial charge in [-0.25, -0.2) is 9.37 Å². The summed E-state index contributed by atoms with van der Waals surface area (Å²) < 4.78 is 13.5. The number of aromatic nitrogens is 1. The Kier molecular flexibility index (Phi) is 4.13. The van der Waals surface area contributed by atoms with Crippen molar-refractivity contribution in [3.05, 3.63) is 56.6 Å². The van der Waals surface area contributed by atoms with Gasteiger partial charge in [0.2, 0.25) is 0 Å². The van der Waals surface area contributed by atoms with Gasteiger partial charge in [0, 0.05) is 11.9 Å². The molecule has 2 rings (SSSR count). The van der Waals surface area contributed by atoms with Gasteiger partial charge >= 0.3 is 0 Å². The largest absolute Gasteiger partial charge is 0.321 e. The van der Waals surface area contributed by atoms with Crippen LogP contribution >= 0.6 is 34.2 Å². The van der Waals surface area contributed by atoms with Crippen molar-refractivity contribution in [2.24, 2.45) is 0 Å². The average Bonchev–Trinajstić information content (AvgIpc) is 2.34. The quantitative estimate of drug-likeness (QED) is 0.812. The molecule has 0 bridgehead atoms. The minimum absolute atomic E-state index is 0.249. The van der Waals surface area contributed by atoms with Gasteiger partial charge in [0.25, 0.3) is 5.91 Å². The van der Waals surface area contributed by atoms with Crippen LogP contribution < -0.4 is 5.32 Å². The van der Waals surface area contributed by atoms with Crippen molar-refractivity contribution in [1.29, 1.82) is 0 Å². The van der Waals surface area contributed by atoms with Gasteiger partial charge in [0.05, 0.1) is 8.59 Å². The molecule has 0 aliphatic rings. The summed E-state index contributed by atoms with van der Waals surface area (Å²) in [6, 6.07) is 7.44. The topological polar surface area (TPSA) is 42.0 Å². The first-order chi connectivity index (χ1) is 8.56. The molecule has 3 nitrogen and oxygen atoms in total. The number of rotatable bonds is 2. The van der Waals surface area contributed by atoms with Crippen LogP contribution in [0, 0.1) is 9.39 Å². The minimum atomic E-state index is -0.367. The highest BCUT2D eigenvalue weighted by molar-refractivity contribution is 14.1. The van der Waals surface area contributed by atoms with Crippen LogP contribution in [-0.4, -0.2) is 10.9 Å². The second kappa shape index (κ2) is 5.62. The Morgan fingerprint density at radius 1 is 1.33 bits per heavy atom. The summed E-state index contributed by atoms with van der Waals surface area (Å²) in [6.45, 7) is 0. The number of anilines is 1. The summed E-state index contributed by atoms with van der Waals surface area (Å²) in [5.74, 6) is -0.688. The lowest BCUT2D eigenvalue weighted by molar-refractivity contribution is 0.102. The zero-order chi connectivity index (χ0) is 13.1. The summed E-state index contributed by atoms with van der Waals surface area (Å²) in [7, 11) is 0. The van der Waals surface area contributed by atoms with Gasteiger partial charge in [-0.05, 0) is 52.9 Å². The second-order valence-electron chi connectivity index (χ2n) is 3.44. The molecule has 18 heavy (non-hydrogen) atoms. The fraction of sp³-hybridized carbons (Fsp3) is 0. The molecule has 1 heterocycles. The first-order valence-corrected chi connectivity index (χ1v) is 6.40. The predicted molar refractivity (Wildman–Crippen MR) is 76.3 cm³/mol. The van der Waals surface area contributed by atoms with E-state index < -0.39 is 0 Å². The standard InChI is InChI=1S/C12H7ClFIN2O/c13-7-1-4-11(16-6-7)12(18)17-8-2-3-9(14)10(15)5-8/h1-6H,(H,17,18). The second-order valence-corrected chi connectivity index (χ2v) is 5.04. The zero-order valence-electron chi connectivity index (χ0n) is 8.95. The summed E-state index contributed by atoms with van der Waals surface area (Å²) in [5.41, 5.74) is 0.765. The van der Waals surface area contributed by atoms with Gasteiger partial charge in [-0.3, -0.25) is 4.79 Å². The molecule has 0 unspecified atom stereocenters. The number of benzene rings is 1. The smallest absolute Gasteiger partial charge is 0.274 e. The molecule has 0 fully saturated rings. The number of carbonyl (C=O) groups excluding carboxylic acids is 1. The van der Waals surface area contributed by atoms with E-state index in [0.717, 1.165) is 0 Å². The summed E-state index contributed by atoms with van der Waals surface area (Å²) in [5, 5.41) is 3.09. The van der Waals surface area contributed by atoms with Gasteiger partial charge in [-0.2, -0.15) is 0 Å². The van der Waals surface area contributed by atoms with Crippen molar-refractivity contribution < 1.29 is 9.18 Å². The van der Waals surface area contributed by atoms with Crippen LogP contribution in [0.25, 0.3) is 0 Å². The van der Waals surface area contributed by atoms with E-state index in [9.17, 15) is 9.18 Å². The van der Waals surface area contributed by atoms with Crippen molar-refractivity contribution in [2.75, 3.05) is 5.32 Å². The minimum Gasteiger partial charge on any atom is -0.321 e. The molecule has 0 radical (unpaired) electrons. The van der Waals surface area contributed by atoms with E-state index >= 15 is 0 Å². The molecule has 0 spiro atoms. The maximum atomic E-state index is 13.1. The summed E-state index contributed by atoms with van der Waals surface area (Å²) in [6.07, 6.45) is 1.39. The Bertz CT molecular complexity index is 589. The van der Waals surface area contributed by atoms with Crippen molar-refractivity contribution in [2.45, 2.75) is 0 Å². The number of hydrogen-bond donors (Lipinski definition) is 1. The van der Waals surface area contributed by atoms with Crippen LogP contribution in [0.1, 0.15) is 10.5 Å². The lowest BCUT2D eigenvalue weighted by atomic mass is 10.3. The number of nitrogens with one attached hydrogen (secondary N) is 1. The van der Waals surface area contributed by atoms with Gasteiger partial charge < -0.3 is 5.32 Å². The number of amides is 1. The van der Waals surface area contributed by atoms with Gasteiger partial charge in [-0.15, -0.1) is 0 Å². The van der Waals surface area contributed by atoms with Crippen LogP contribution in [0.5, 0.6) is 0 Å². The molecule has 0 aliphatic heterocycles. The van der Waals surface area contributed by atoms with E-state index in [4.69, 9.17) is 11.6 Å². The SMILES string of the molecule is O=C(Nc1ccc(F)c(I)c1)c1ccc(Cl)cn1. The van der Waals surface area contributed by atoms with Crippen molar-refractivity contribution in [3.8, 4) is 0 Å². The normalized spacial score (nSPS) is 10.2. The van der Waals surface area contributed by atoms with E-state index in [-0.39, 0.29) is 17.4 Å². The van der Waals surface area contributed by atoms with Crippen molar-refractivity contribution in [1.82, 2.24) is 4.98 Å². The first kappa shape index (κ1) is 13.2. The number of pyridine rings is 1. The molecule has 92 valence electrons. The lowest BCUT2D eigenvalue weighted by Gasteiger charge is -2.05. The van der Waals surface area contributed by atoms with Crippen LogP contribution in [0.15, 0.2) is 36.5 Å². The third kappa shape index (κ3) is 3.17. The fourth-order valence-electron chi connectivity index (χ4n) is 1.28. The summed E-state index contributed by atoms with van der Waals surface area (Å²) in [4.78, 5) is 15.7. The molecule has 6 heteroatoms. The molecule has 0 saturated heterocycles. The highest BCUT2D eigenvalue weighted by Gasteiger charge is 2.08. The van der Waals surface area contributed by atoms with Crippen molar-refractivity contribution >= 4 is 45.8 Å². The Balaban J connectivity index is 2.16. The van der Waals surface area contributed by atoms with E-state index in [1.165, 1.54) is 24.4 Å². The van der Waals surface area contributed by atoms with E-state index in [0.29, 0.717) is 14.3 Å². The average molecular weight is 377 g/mol. The molecule has 0 atom stereocenters. The molecule has 1 amide bonds. The van der Waals surface area contributed by atoms with E-state index in [2.05, 4.69) is 10.3 Å². The molecule has 0 saturated carbocycles. The highest BCUT2D eigenvalue weighted by Crippen LogP contribution is 2.17. The third-order valence-electron chi connectivity index (χ3n) is 2.14. The fourth-order valence-corrected chi connectivity index (χ4v) is 1.91. The molecule has 1 N–H and O–H groups in total. The van der Waals surface area contributed by atoms with Crippen LogP contribution in [-0.2, 0) is 0 Å². The molecule has 1 aromatic carbocycles. The zero-order valence-corrected chi connectivity index (χ0v) is 11.9. The maximum absolute atomic E-state index is 13.1.